The third-order valence-corrected chi connectivity index (χ3v) is 14.4. The number of ether oxygens (including phenoxy) is 1. The summed E-state index contributed by atoms with van der Waals surface area (Å²) in [7, 11) is 0. The molecule has 0 bridgehead atoms. The predicted octanol–water partition coefficient (Wildman–Crippen LogP) is 7.74. The first-order valence-corrected chi connectivity index (χ1v) is 21.0. The van der Waals surface area contributed by atoms with Gasteiger partial charge in [-0.25, -0.2) is 0 Å². The van der Waals surface area contributed by atoms with Crippen molar-refractivity contribution in [2.24, 2.45) is 34.5 Å². The minimum atomic E-state index is -1.32. The highest BCUT2D eigenvalue weighted by Gasteiger charge is 2.69. The van der Waals surface area contributed by atoms with Gasteiger partial charge in [0.25, 0.3) is 0 Å². The minimum Gasteiger partial charge on any atom is -0.459 e. The van der Waals surface area contributed by atoms with Crippen molar-refractivity contribution in [2.75, 3.05) is 0 Å². The first-order chi connectivity index (χ1) is 24.0. The monoisotopic (exact) mass is 719 g/mol. The van der Waals surface area contributed by atoms with Crippen LogP contribution in [0, 0.1) is 34.5 Å². The van der Waals surface area contributed by atoms with E-state index in [1.54, 1.807) is 19.9 Å². The summed E-state index contributed by atoms with van der Waals surface area (Å²) in [6.07, 6.45) is 16.8. The van der Waals surface area contributed by atoms with Crippen LogP contribution < -0.4 is 0 Å². The van der Waals surface area contributed by atoms with Crippen LogP contribution in [0.5, 0.6) is 0 Å². The Labute approximate surface area is 309 Å². The van der Waals surface area contributed by atoms with Gasteiger partial charge in [-0.1, -0.05) is 105 Å². The zero-order valence-corrected chi connectivity index (χ0v) is 33.0. The van der Waals surface area contributed by atoms with Gasteiger partial charge in [0.1, 0.15) is 12.2 Å². The quantitative estimate of drug-likeness (QED) is 0.0635. The molecule has 0 aromatic heterocycles. The van der Waals surface area contributed by atoms with E-state index >= 15 is 0 Å². The number of hydrogen-bond acceptors (Lipinski definition) is 8. The van der Waals surface area contributed by atoms with Crippen LogP contribution in [-0.4, -0.2) is 72.9 Å². The summed E-state index contributed by atoms with van der Waals surface area (Å²) in [5, 5.41) is 56.4. The van der Waals surface area contributed by atoms with Gasteiger partial charge in [0.05, 0.1) is 23.4 Å². The van der Waals surface area contributed by atoms with Crippen LogP contribution in [0.3, 0.4) is 0 Å². The number of hydrogen-bond donors (Lipinski definition) is 5. The molecule has 3 fully saturated rings. The van der Waals surface area contributed by atoms with E-state index < -0.39 is 58.3 Å². The van der Waals surface area contributed by atoms with Gasteiger partial charge < -0.3 is 30.3 Å². The number of rotatable bonds is 20. The standard InChI is InChI=1S/C43H74O8/c1-7-8-9-10-11-12-13-14-15-16-17-18-19-20-37(47)51-39-38(48)36(46)28-33-35(45)27-32-31(42(33,39)6)21-25-41(5)30(22-26-43(32,41)50)29(2)34(44)23-24-40(3,4)49/h27,29-31,33-34,36,38-39,44,46,48-50H,7-26,28H2,1-6H3/t29?,30-,31?,33+,34-,36-,38+,39?,41-,42-,43-/m1/s1. The van der Waals surface area contributed by atoms with Gasteiger partial charge in [-0.15, -0.1) is 0 Å². The maximum Gasteiger partial charge on any atom is 0.306 e. The van der Waals surface area contributed by atoms with Crippen LogP contribution in [-0.2, 0) is 14.3 Å². The summed E-state index contributed by atoms with van der Waals surface area (Å²) in [5.74, 6) is -1.64. The van der Waals surface area contributed by atoms with Crippen LogP contribution in [0.15, 0.2) is 11.6 Å². The normalized spacial score (nSPS) is 36.1. The molecule has 0 aromatic rings. The Hall–Kier alpha value is -1.32. The summed E-state index contributed by atoms with van der Waals surface area (Å²) < 4.78 is 6.10. The molecule has 0 amide bonds. The number of fused-ring (bicyclic) bond motifs is 5. The molecule has 4 rings (SSSR count). The first kappa shape index (κ1) is 42.4. The number of aliphatic hydroxyl groups is 5. The molecule has 5 N–H and O–H groups in total. The lowest BCUT2D eigenvalue weighted by molar-refractivity contribution is -0.216. The Kier molecular flexibility index (Phi) is 14.9. The number of aliphatic hydroxyl groups excluding tert-OH is 3. The van der Waals surface area contributed by atoms with Gasteiger partial charge in [-0.2, -0.15) is 0 Å². The minimum absolute atomic E-state index is 0.00880. The predicted molar refractivity (Wildman–Crippen MR) is 201 cm³/mol. The molecule has 11 atom stereocenters. The maximum atomic E-state index is 13.9. The van der Waals surface area contributed by atoms with Crippen LogP contribution in [0.4, 0.5) is 0 Å². The van der Waals surface area contributed by atoms with Gasteiger partial charge in [0.2, 0.25) is 0 Å². The van der Waals surface area contributed by atoms with E-state index in [1.165, 1.54) is 64.2 Å². The number of ketones is 1. The number of esters is 1. The van der Waals surface area contributed by atoms with Gasteiger partial charge in [0, 0.05) is 23.2 Å². The fourth-order valence-corrected chi connectivity index (χ4v) is 11.0. The molecule has 0 spiro atoms. The molecule has 3 saturated carbocycles. The van der Waals surface area contributed by atoms with E-state index in [-0.39, 0.29) is 36.4 Å². The average molecular weight is 719 g/mol. The maximum absolute atomic E-state index is 13.9. The molecule has 3 unspecified atom stereocenters. The zero-order valence-electron chi connectivity index (χ0n) is 33.0. The van der Waals surface area contributed by atoms with Crippen molar-refractivity contribution in [3.05, 3.63) is 11.6 Å². The van der Waals surface area contributed by atoms with Crippen molar-refractivity contribution in [2.45, 2.75) is 212 Å². The van der Waals surface area contributed by atoms with E-state index in [0.717, 1.165) is 12.8 Å². The van der Waals surface area contributed by atoms with Crippen molar-refractivity contribution >= 4 is 11.8 Å². The highest BCUT2D eigenvalue weighted by Crippen LogP contribution is 2.68. The third-order valence-electron chi connectivity index (χ3n) is 14.4. The van der Waals surface area contributed by atoms with Crippen molar-refractivity contribution in [3.63, 3.8) is 0 Å². The SMILES string of the molecule is CCCCCCCCCCCCCCCC(=O)OC1[C@@H](O)[C@H](O)C[C@H]2C(=O)C=C3C(CC[C@]4(C)[C@@H](C(C)[C@H](O)CCC(C)(C)O)CC[C@@]34O)[C@@]12C. The lowest BCUT2D eigenvalue weighted by Gasteiger charge is -2.61. The Bertz CT molecular complexity index is 1180. The van der Waals surface area contributed by atoms with Crippen molar-refractivity contribution in [1.82, 2.24) is 0 Å². The second-order valence-corrected chi connectivity index (χ2v) is 18.4. The van der Waals surface area contributed by atoms with Gasteiger partial charge in [-0.05, 0) is 94.6 Å². The summed E-state index contributed by atoms with van der Waals surface area (Å²) in [5.41, 5.74) is -3.04. The van der Waals surface area contributed by atoms with E-state index in [4.69, 9.17) is 4.74 Å². The summed E-state index contributed by atoms with van der Waals surface area (Å²) in [6.45, 7) is 11.8. The van der Waals surface area contributed by atoms with Gasteiger partial charge in [-0.3, -0.25) is 9.59 Å². The molecule has 0 heterocycles. The Morgan fingerprint density at radius 1 is 0.922 bits per heavy atom. The summed E-state index contributed by atoms with van der Waals surface area (Å²) in [4.78, 5) is 27.2. The lowest BCUT2D eigenvalue weighted by atomic mass is 9.45. The highest BCUT2D eigenvalue weighted by molar-refractivity contribution is 5.95. The second kappa shape index (κ2) is 17.9. The molecule has 51 heavy (non-hydrogen) atoms. The molecule has 8 heteroatoms. The van der Waals surface area contributed by atoms with Crippen LogP contribution in [0.2, 0.25) is 0 Å². The fraction of sp³-hybridized carbons (Fsp3) is 0.907. The first-order valence-electron chi connectivity index (χ1n) is 21.0. The molecule has 4 aliphatic rings. The Morgan fingerprint density at radius 2 is 1.49 bits per heavy atom. The molecule has 8 nitrogen and oxygen atoms in total. The molecule has 0 aromatic carbocycles. The van der Waals surface area contributed by atoms with E-state index in [1.807, 2.05) is 13.8 Å². The Balaban J connectivity index is 1.37. The smallest absolute Gasteiger partial charge is 0.306 e. The van der Waals surface area contributed by atoms with Gasteiger partial charge in [0.15, 0.2) is 5.78 Å². The fourth-order valence-electron chi connectivity index (χ4n) is 11.0. The lowest BCUT2D eigenvalue weighted by Crippen LogP contribution is -2.67. The largest absolute Gasteiger partial charge is 0.459 e. The summed E-state index contributed by atoms with van der Waals surface area (Å²) in [6, 6.07) is 0. The average Bonchev–Trinajstić information content (AvgIpc) is 3.35. The third kappa shape index (κ3) is 9.32. The molecule has 4 aliphatic carbocycles. The molecule has 0 radical (unpaired) electrons. The van der Waals surface area contributed by atoms with E-state index in [2.05, 4.69) is 13.8 Å². The topological polar surface area (TPSA) is 145 Å². The van der Waals surface area contributed by atoms with Crippen molar-refractivity contribution < 1.29 is 39.9 Å². The Morgan fingerprint density at radius 3 is 2.06 bits per heavy atom. The van der Waals surface area contributed by atoms with E-state index in [0.29, 0.717) is 50.5 Å². The van der Waals surface area contributed by atoms with Crippen LogP contribution >= 0.6 is 0 Å². The molecular formula is C43H74O8. The molecule has 0 aliphatic heterocycles. The number of carbonyl (C=O) groups excluding carboxylic acids is 2. The summed E-state index contributed by atoms with van der Waals surface area (Å²) >= 11 is 0. The number of unbranched alkanes of at least 4 members (excludes halogenated alkanes) is 12. The van der Waals surface area contributed by atoms with Crippen molar-refractivity contribution in [1.29, 1.82) is 0 Å². The van der Waals surface area contributed by atoms with Crippen LogP contribution in [0.1, 0.15) is 176 Å². The number of carbonyl (C=O) groups is 2. The van der Waals surface area contributed by atoms with Crippen molar-refractivity contribution in [3.8, 4) is 0 Å². The highest BCUT2D eigenvalue weighted by atomic mass is 16.6. The number of allylic oxidation sites excluding steroid dienone is 1. The van der Waals surface area contributed by atoms with E-state index in [9.17, 15) is 35.1 Å². The molecule has 0 saturated heterocycles. The second-order valence-electron chi connectivity index (χ2n) is 18.4. The molecule has 294 valence electrons. The van der Waals surface area contributed by atoms with Crippen LogP contribution in [0.25, 0.3) is 0 Å². The van der Waals surface area contributed by atoms with Gasteiger partial charge >= 0.3 is 5.97 Å². The molecular weight excluding hydrogens is 644 g/mol. The zero-order chi connectivity index (χ0) is 37.6.